The third-order valence-electron chi connectivity index (χ3n) is 7.88. The van der Waals surface area contributed by atoms with E-state index in [4.69, 9.17) is 0 Å². The average molecular weight is 475 g/mol. The summed E-state index contributed by atoms with van der Waals surface area (Å²) in [6, 6.07) is 6.80. The molecule has 0 bridgehead atoms. The van der Waals surface area contributed by atoms with Crippen LogP contribution in [0, 0.1) is 0 Å². The molecule has 1 saturated heterocycles. The minimum atomic E-state index is -3.25. The van der Waals surface area contributed by atoms with E-state index in [1.54, 1.807) is 0 Å². The number of alkyl halides is 2. The second kappa shape index (κ2) is 7.70. The molecule has 6 rings (SSSR count). The lowest BCUT2D eigenvalue weighted by atomic mass is 9.77. The van der Waals surface area contributed by atoms with Gasteiger partial charge in [0.1, 0.15) is 16.4 Å². The Bertz CT molecular complexity index is 1120. The highest BCUT2D eigenvalue weighted by Gasteiger charge is 2.49. The van der Waals surface area contributed by atoms with Gasteiger partial charge in [-0.05, 0) is 67.6 Å². The molecule has 4 aliphatic rings. The van der Waals surface area contributed by atoms with Gasteiger partial charge in [-0.2, -0.15) is 13.8 Å². The maximum atomic E-state index is 14.7. The highest BCUT2D eigenvalue weighted by molar-refractivity contribution is 7.85. The van der Waals surface area contributed by atoms with Crippen molar-refractivity contribution in [3.63, 3.8) is 0 Å². The number of nitrogens with one attached hydrogen (secondary N) is 1. The van der Waals surface area contributed by atoms with Crippen molar-refractivity contribution in [3.05, 3.63) is 40.6 Å². The van der Waals surface area contributed by atoms with E-state index in [-0.39, 0.29) is 23.3 Å². The maximum Gasteiger partial charge on any atom is 0.302 e. The van der Waals surface area contributed by atoms with Gasteiger partial charge in [0.15, 0.2) is 0 Å². The summed E-state index contributed by atoms with van der Waals surface area (Å²) < 4.78 is 42.0. The zero-order chi connectivity index (χ0) is 22.8. The molecule has 0 spiro atoms. The zero-order valence-corrected chi connectivity index (χ0v) is 19.3. The smallest absolute Gasteiger partial charge is 0.302 e. The summed E-state index contributed by atoms with van der Waals surface area (Å²) in [6.07, 6.45) is 6.55. The molecule has 6 nitrogen and oxygen atoms in total. The van der Waals surface area contributed by atoms with Crippen molar-refractivity contribution >= 4 is 22.6 Å². The highest BCUT2D eigenvalue weighted by atomic mass is 32.2. The molecule has 1 saturated carbocycles. The number of fused-ring (bicyclic) bond motifs is 2. The number of aliphatic hydroxyl groups excluding tert-OH is 1. The number of anilines is 2. The number of aromatic nitrogens is 2. The van der Waals surface area contributed by atoms with Crippen LogP contribution in [0.2, 0.25) is 0 Å². The van der Waals surface area contributed by atoms with E-state index in [9.17, 15) is 18.1 Å². The normalized spacial score (nSPS) is 25.1. The van der Waals surface area contributed by atoms with Crippen LogP contribution in [0.1, 0.15) is 60.4 Å². The third-order valence-corrected chi connectivity index (χ3v) is 9.35. The first-order chi connectivity index (χ1) is 15.9. The van der Waals surface area contributed by atoms with Gasteiger partial charge in [0.2, 0.25) is 5.95 Å². The van der Waals surface area contributed by atoms with Crippen molar-refractivity contribution in [2.24, 2.45) is 0 Å². The second-order valence-electron chi connectivity index (χ2n) is 9.95. The highest BCUT2D eigenvalue weighted by Crippen LogP contribution is 2.45. The van der Waals surface area contributed by atoms with Crippen LogP contribution in [0.15, 0.2) is 23.1 Å². The summed E-state index contributed by atoms with van der Waals surface area (Å²) in [4.78, 5) is 10.8. The van der Waals surface area contributed by atoms with E-state index >= 15 is 0 Å². The SMILES string of the molecule is O=S1CC(F)(F)c2nc(N3CCC(c4ccc5c(c4)CC5)CC3)nc(NC3(CO)CCC3)c21. The van der Waals surface area contributed by atoms with Crippen molar-refractivity contribution in [1.29, 1.82) is 0 Å². The molecule has 2 aromatic rings. The third kappa shape index (κ3) is 3.55. The summed E-state index contributed by atoms with van der Waals surface area (Å²) in [7, 11) is -1.87. The summed E-state index contributed by atoms with van der Waals surface area (Å²) in [6.45, 7) is 1.25. The van der Waals surface area contributed by atoms with Crippen molar-refractivity contribution in [2.45, 2.75) is 67.2 Å². The van der Waals surface area contributed by atoms with E-state index in [0.29, 0.717) is 19.0 Å². The van der Waals surface area contributed by atoms with Gasteiger partial charge >= 0.3 is 5.92 Å². The Kier molecular flexibility index (Phi) is 4.99. The topological polar surface area (TPSA) is 78.4 Å². The van der Waals surface area contributed by atoms with Gasteiger partial charge in [-0.25, -0.2) is 4.98 Å². The number of nitrogens with zero attached hydrogens (tertiary/aromatic N) is 3. The minimum Gasteiger partial charge on any atom is -0.394 e. The molecule has 0 amide bonds. The van der Waals surface area contributed by atoms with Gasteiger partial charge in [0.25, 0.3) is 0 Å². The Morgan fingerprint density at radius 2 is 1.91 bits per heavy atom. The molecule has 176 valence electrons. The summed E-state index contributed by atoms with van der Waals surface area (Å²) >= 11 is 0. The number of rotatable bonds is 5. The zero-order valence-electron chi connectivity index (χ0n) is 18.4. The van der Waals surface area contributed by atoms with E-state index < -0.39 is 33.7 Å². The van der Waals surface area contributed by atoms with E-state index in [0.717, 1.165) is 38.5 Å². The number of aryl methyl sites for hydroxylation is 2. The van der Waals surface area contributed by atoms with Crippen LogP contribution in [-0.2, 0) is 29.6 Å². The second-order valence-corrected chi connectivity index (χ2v) is 11.3. The fraction of sp³-hybridized carbons (Fsp3) is 0.583. The molecule has 1 aromatic carbocycles. The lowest BCUT2D eigenvalue weighted by Gasteiger charge is -2.42. The minimum absolute atomic E-state index is 0.000404. The molecular formula is C24H28F2N4O2S. The molecule has 3 heterocycles. The first kappa shape index (κ1) is 21.4. The number of hydrogen-bond acceptors (Lipinski definition) is 6. The number of halogens is 2. The van der Waals surface area contributed by atoms with Gasteiger partial charge < -0.3 is 15.3 Å². The Hall–Kier alpha value is -2.13. The van der Waals surface area contributed by atoms with Crippen LogP contribution in [0.25, 0.3) is 0 Å². The van der Waals surface area contributed by atoms with E-state index in [1.165, 1.54) is 23.1 Å². The predicted octanol–water partition coefficient (Wildman–Crippen LogP) is 3.50. The predicted molar refractivity (Wildman–Crippen MR) is 123 cm³/mol. The van der Waals surface area contributed by atoms with E-state index in [1.807, 2.05) is 4.90 Å². The van der Waals surface area contributed by atoms with Crippen LogP contribution >= 0.6 is 0 Å². The van der Waals surface area contributed by atoms with Crippen molar-refractivity contribution in [1.82, 2.24) is 9.97 Å². The fourth-order valence-electron chi connectivity index (χ4n) is 5.49. The Balaban J connectivity index is 1.27. The van der Waals surface area contributed by atoms with Crippen LogP contribution in [-0.4, -0.2) is 50.3 Å². The molecule has 2 N–H and O–H groups in total. The number of hydrogen-bond donors (Lipinski definition) is 2. The molecule has 33 heavy (non-hydrogen) atoms. The monoisotopic (exact) mass is 474 g/mol. The van der Waals surface area contributed by atoms with E-state index in [2.05, 4.69) is 33.5 Å². The molecule has 2 aliphatic heterocycles. The number of aliphatic hydroxyl groups is 1. The lowest BCUT2D eigenvalue weighted by Crippen LogP contribution is -2.49. The maximum absolute atomic E-state index is 14.7. The largest absolute Gasteiger partial charge is 0.394 e. The molecule has 0 radical (unpaired) electrons. The van der Waals surface area contributed by atoms with Gasteiger partial charge in [-0.1, -0.05) is 18.2 Å². The summed E-state index contributed by atoms with van der Waals surface area (Å²) in [5.74, 6) is -3.10. The molecular weight excluding hydrogens is 446 g/mol. The Morgan fingerprint density at radius 3 is 2.52 bits per heavy atom. The van der Waals surface area contributed by atoms with Crippen LogP contribution in [0.3, 0.4) is 0 Å². The molecule has 1 aromatic heterocycles. The molecule has 2 fully saturated rings. The van der Waals surface area contributed by atoms with Crippen LogP contribution in [0.5, 0.6) is 0 Å². The van der Waals surface area contributed by atoms with Crippen LogP contribution < -0.4 is 10.2 Å². The van der Waals surface area contributed by atoms with Gasteiger partial charge in [-0.3, -0.25) is 4.21 Å². The Labute approximate surface area is 194 Å². The fourth-order valence-corrected chi connectivity index (χ4v) is 6.83. The molecule has 1 unspecified atom stereocenters. The van der Waals surface area contributed by atoms with Crippen molar-refractivity contribution in [3.8, 4) is 0 Å². The number of benzene rings is 1. The molecule has 1 atom stereocenters. The standard InChI is InChI=1S/C24H28F2N4O2S/c25-24(26)14-33(32)19-20(24)27-22(28-21(19)29-23(13-31)8-1-9-23)30-10-6-16(7-11-30)18-5-3-15-2-4-17(15)12-18/h3,5,12,16,31H,1-2,4,6-11,13-14H2,(H,27,28,29). The average Bonchev–Trinajstić information content (AvgIpc) is 3.00. The van der Waals surface area contributed by atoms with Crippen molar-refractivity contribution in [2.75, 3.05) is 35.7 Å². The lowest BCUT2D eigenvalue weighted by molar-refractivity contribution is 0.0191. The Morgan fingerprint density at radius 1 is 1.15 bits per heavy atom. The van der Waals surface area contributed by atoms with Crippen LogP contribution in [0.4, 0.5) is 20.5 Å². The first-order valence-corrected chi connectivity index (χ1v) is 13.1. The van der Waals surface area contributed by atoms with Gasteiger partial charge in [0, 0.05) is 13.1 Å². The van der Waals surface area contributed by atoms with Gasteiger partial charge in [0.05, 0.1) is 28.7 Å². The van der Waals surface area contributed by atoms with Gasteiger partial charge in [-0.15, -0.1) is 0 Å². The first-order valence-electron chi connectivity index (χ1n) is 11.8. The molecule has 9 heteroatoms. The summed E-state index contributed by atoms with van der Waals surface area (Å²) in [5.41, 5.74) is 3.26. The summed E-state index contributed by atoms with van der Waals surface area (Å²) in [5, 5.41) is 13.1. The van der Waals surface area contributed by atoms with Crippen molar-refractivity contribution < 1.29 is 18.1 Å². The quantitative estimate of drug-likeness (QED) is 0.691. The molecule has 2 aliphatic carbocycles. The number of piperidine rings is 1.